The number of rotatable bonds is 21. The molecule has 0 bridgehead atoms. The normalized spacial score (nSPS) is 32.8. The van der Waals surface area contributed by atoms with Gasteiger partial charge in [0.1, 0.15) is 6.10 Å². The number of allylic oxidation sites excluding steroid dienone is 3. The Morgan fingerprint density at radius 3 is 2.17 bits per heavy atom. The van der Waals surface area contributed by atoms with Gasteiger partial charge in [-0.25, -0.2) is 0 Å². The van der Waals surface area contributed by atoms with E-state index >= 15 is 0 Å². The fourth-order valence-electron chi connectivity index (χ4n) is 11.3. The van der Waals surface area contributed by atoms with Crippen molar-refractivity contribution in [2.24, 2.45) is 52.3 Å². The largest absolute Gasteiger partial charge is 0.462 e. The highest BCUT2D eigenvalue weighted by Gasteiger charge is 2.59. The van der Waals surface area contributed by atoms with E-state index in [0.717, 1.165) is 67.1 Å². The zero-order chi connectivity index (χ0) is 34.6. The lowest BCUT2D eigenvalue weighted by atomic mass is 9.47. The quantitative estimate of drug-likeness (QED) is 0.0693. The molecule has 276 valence electrons. The van der Waals surface area contributed by atoms with E-state index in [2.05, 4.69) is 66.7 Å². The average molecular weight is 665 g/mol. The molecule has 3 fully saturated rings. The Labute approximate surface area is 299 Å². The van der Waals surface area contributed by atoms with Gasteiger partial charge in [0, 0.05) is 12.8 Å². The lowest BCUT2D eigenvalue weighted by Crippen LogP contribution is -2.51. The highest BCUT2D eigenvalue weighted by molar-refractivity contribution is 5.69. The number of carbonyl (C=O) groups is 1. The topological polar surface area (TPSA) is 26.3 Å². The lowest BCUT2D eigenvalue weighted by molar-refractivity contribution is -0.151. The second-order valence-electron chi connectivity index (χ2n) is 18.5. The molecule has 0 aromatic rings. The Morgan fingerprint density at radius 2 is 1.48 bits per heavy atom. The van der Waals surface area contributed by atoms with Gasteiger partial charge in [-0.05, 0) is 129 Å². The number of esters is 1. The number of fused-ring (bicyclic) bond motifs is 5. The highest BCUT2D eigenvalue weighted by Crippen LogP contribution is 2.67. The van der Waals surface area contributed by atoms with E-state index in [0.29, 0.717) is 17.3 Å². The summed E-state index contributed by atoms with van der Waals surface area (Å²) in [6, 6.07) is 0. The standard InChI is InChI=1S/C46H80O2/c1-8-9-10-11-12-13-14-15-16-17-18-19-20-21-22-23-44(47)48-39-30-32-45(6)38(34-39)26-27-40-42-29-28-41(46(42,7)33-31-43(40)45)37(5)25-24-36(4)35(2)3/h15-16,26,35-37,39-43H,8-14,17-25,27-34H2,1-7H3/t36-,37+,39?,40-,41+,42-,43-,45-,46+/m0/s1. The Morgan fingerprint density at radius 1 is 0.812 bits per heavy atom. The van der Waals surface area contributed by atoms with Crippen LogP contribution < -0.4 is 0 Å². The molecule has 3 saturated carbocycles. The lowest BCUT2D eigenvalue weighted by Gasteiger charge is -2.58. The number of unbranched alkanes of at least 4 members (excludes halogenated alkanes) is 11. The van der Waals surface area contributed by atoms with Crippen LogP contribution in [0.3, 0.4) is 0 Å². The molecule has 0 N–H and O–H groups in total. The molecule has 48 heavy (non-hydrogen) atoms. The summed E-state index contributed by atoms with van der Waals surface area (Å²) in [7, 11) is 0. The molecular formula is C46H80O2. The Bertz CT molecular complexity index is 1010. The Balaban J connectivity index is 1.13. The number of carbonyl (C=O) groups excluding carboxylic acids is 1. The monoisotopic (exact) mass is 665 g/mol. The molecule has 0 spiro atoms. The molecule has 0 saturated heterocycles. The summed E-state index contributed by atoms with van der Waals surface area (Å²) in [4.78, 5) is 12.8. The Kier molecular flexibility index (Phi) is 16.2. The van der Waals surface area contributed by atoms with Gasteiger partial charge in [0.05, 0.1) is 0 Å². The van der Waals surface area contributed by atoms with Crippen LogP contribution in [0.1, 0.15) is 203 Å². The van der Waals surface area contributed by atoms with Gasteiger partial charge >= 0.3 is 5.97 Å². The first-order valence-electron chi connectivity index (χ1n) is 21.6. The number of ether oxygens (including phenoxy) is 1. The van der Waals surface area contributed by atoms with E-state index in [9.17, 15) is 4.79 Å². The summed E-state index contributed by atoms with van der Waals surface area (Å²) in [6.07, 6.45) is 38.0. The van der Waals surface area contributed by atoms with Crippen molar-refractivity contribution in [1.82, 2.24) is 0 Å². The molecular weight excluding hydrogens is 585 g/mol. The molecule has 4 aliphatic rings. The van der Waals surface area contributed by atoms with Crippen molar-refractivity contribution in [1.29, 1.82) is 0 Å². The van der Waals surface area contributed by atoms with Crippen LogP contribution in [0.4, 0.5) is 0 Å². The fourth-order valence-corrected chi connectivity index (χ4v) is 11.3. The van der Waals surface area contributed by atoms with Crippen LogP contribution in [0.25, 0.3) is 0 Å². The van der Waals surface area contributed by atoms with Crippen molar-refractivity contribution in [2.45, 2.75) is 209 Å². The summed E-state index contributed by atoms with van der Waals surface area (Å²) >= 11 is 0. The molecule has 0 radical (unpaired) electrons. The minimum atomic E-state index is 0.0536. The molecule has 4 aliphatic carbocycles. The third-order valence-electron chi connectivity index (χ3n) is 15.0. The summed E-state index contributed by atoms with van der Waals surface area (Å²) < 4.78 is 6.13. The first-order valence-corrected chi connectivity index (χ1v) is 21.6. The van der Waals surface area contributed by atoms with Crippen LogP contribution >= 0.6 is 0 Å². The predicted molar refractivity (Wildman–Crippen MR) is 207 cm³/mol. The van der Waals surface area contributed by atoms with Gasteiger partial charge in [0.25, 0.3) is 0 Å². The smallest absolute Gasteiger partial charge is 0.306 e. The molecule has 4 rings (SSSR count). The van der Waals surface area contributed by atoms with Crippen molar-refractivity contribution in [3.05, 3.63) is 23.8 Å². The molecule has 9 atom stereocenters. The van der Waals surface area contributed by atoms with Crippen LogP contribution in [-0.4, -0.2) is 12.1 Å². The summed E-state index contributed by atoms with van der Waals surface area (Å²) in [5, 5.41) is 0. The maximum atomic E-state index is 12.8. The van der Waals surface area contributed by atoms with Gasteiger partial charge in [0.15, 0.2) is 0 Å². The molecule has 0 aromatic carbocycles. The van der Waals surface area contributed by atoms with Crippen molar-refractivity contribution < 1.29 is 9.53 Å². The van der Waals surface area contributed by atoms with Gasteiger partial charge in [-0.1, -0.05) is 136 Å². The van der Waals surface area contributed by atoms with Gasteiger partial charge < -0.3 is 4.74 Å². The summed E-state index contributed by atoms with van der Waals surface area (Å²) in [5.41, 5.74) is 2.51. The average Bonchev–Trinajstić information content (AvgIpc) is 3.42. The van der Waals surface area contributed by atoms with Crippen molar-refractivity contribution in [2.75, 3.05) is 0 Å². The van der Waals surface area contributed by atoms with E-state index < -0.39 is 0 Å². The van der Waals surface area contributed by atoms with Crippen molar-refractivity contribution in [3.63, 3.8) is 0 Å². The molecule has 1 unspecified atom stereocenters. The molecule has 0 heterocycles. The van der Waals surface area contributed by atoms with Crippen LogP contribution in [0.15, 0.2) is 23.8 Å². The van der Waals surface area contributed by atoms with Crippen molar-refractivity contribution in [3.8, 4) is 0 Å². The van der Waals surface area contributed by atoms with E-state index in [4.69, 9.17) is 4.74 Å². The zero-order valence-corrected chi connectivity index (χ0v) is 33.1. The van der Waals surface area contributed by atoms with Gasteiger partial charge in [-0.3, -0.25) is 4.79 Å². The van der Waals surface area contributed by atoms with E-state index in [1.165, 1.54) is 122 Å². The van der Waals surface area contributed by atoms with Gasteiger partial charge in [0.2, 0.25) is 0 Å². The first kappa shape index (κ1) is 39.7. The predicted octanol–water partition coefficient (Wildman–Crippen LogP) is 14.2. The van der Waals surface area contributed by atoms with Gasteiger partial charge in [-0.2, -0.15) is 0 Å². The molecule has 0 aromatic heterocycles. The maximum absolute atomic E-state index is 12.8. The van der Waals surface area contributed by atoms with Crippen molar-refractivity contribution >= 4 is 5.97 Å². The van der Waals surface area contributed by atoms with E-state index in [1.54, 1.807) is 5.57 Å². The molecule has 0 aliphatic heterocycles. The fraction of sp³-hybridized carbons (Fsp3) is 0.891. The molecule has 2 nitrogen and oxygen atoms in total. The van der Waals surface area contributed by atoms with Gasteiger partial charge in [-0.15, -0.1) is 0 Å². The molecule has 2 heteroatoms. The van der Waals surface area contributed by atoms with Crippen LogP contribution in [0.2, 0.25) is 0 Å². The second-order valence-corrected chi connectivity index (χ2v) is 18.5. The number of hydrogen-bond acceptors (Lipinski definition) is 2. The summed E-state index contributed by atoms with van der Waals surface area (Å²) in [6.45, 7) is 17.4. The first-order chi connectivity index (χ1) is 23.1. The second kappa shape index (κ2) is 19.5. The summed E-state index contributed by atoms with van der Waals surface area (Å²) in [5.74, 6) is 6.08. The highest BCUT2D eigenvalue weighted by atomic mass is 16.5. The third kappa shape index (κ3) is 10.5. The third-order valence-corrected chi connectivity index (χ3v) is 15.0. The van der Waals surface area contributed by atoms with Crippen LogP contribution in [0, 0.1) is 52.3 Å². The maximum Gasteiger partial charge on any atom is 0.306 e. The van der Waals surface area contributed by atoms with E-state index in [1.807, 2.05) is 0 Å². The minimum absolute atomic E-state index is 0.0536. The van der Waals surface area contributed by atoms with E-state index in [-0.39, 0.29) is 12.1 Å². The van der Waals surface area contributed by atoms with Crippen LogP contribution in [0.5, 0.6) is 0 Å². The molecule has 0 amide bonds. The van der Waals surface area contributed by atoms with Crippen LogP contribution in [-0.2, 0) is 9.53 Å². The number of hydrogen-bond donors (Lipinski definition) is 0. The Hall–Kier alpha value is -1.05. The SMILES string of the molecule is CCCCCCCCC=CCCCCCCCC(=O)OC1CC[C@@]2(C)C(=CC[C@H]3[C@@H]4CC[C@H]([C@H](C)CC[C@H](C)C(C)C)[C@@]4(C)CC[C@@H]32)C1. The zero-order valence-electron chi connectivity index (χ0n) is 33.1. The minimum Gasteiger partial charge on any atom is -0.462 e.